The summed E-state index contributed by atoms with van der Waals surface area (Å²) in [6, 6.07) is 14.3. The van der Waals surface area contributed by atoms with Gasteiger partial charge in [-0.25, -0.2) is 0 Å². The Bertz CT molecular complexity index is 650. The van der Waals surface area contributed by atoms with Crippen molar-refractivity contribution in [1.29, 1.82) is 0 Å². The first-order valence-corrected chi connectivity index (χ1v) is 8.56. The zero-order chi connectivity index (χ0) is 15.2. The number of carbonyl (C=O) groups is 1. The van der Waals surface area contributed by atoms with Gasteiger partial charge in [0.1, 0.15) is 0 Å². The van der Waals surface area contributed by atoms with E-state index in [1.807, 2.05) is 24.3 Å². The maximum atomic E-state index is 12.2. The Labute approximate surface area is 132 Å². The van der Waals surface area contributed by atoms with Crippen LogP contribution >= 0.6 is 11.6 Å². The molecule has 0 saturated heterocycles. The van der Waals surface area contributed by atoms with E-state index in [4.69, 9.17) is 11.6 Å². The highest BCUT2D eigenvalue weighted by molar-refractivity contribution is 7.85. The van der Waals surface area contributed by atoms with Crippen LogP contribution in [-0.2, 0) is 17.2 Å². The molecule has 1 atom stereocenters. The van der Waals surface area contributed by atoms with Crippen molar-refractivity contribution in [3.63, 3.8) is 0 Å². The van der Waals surface area contributed by atoms with Crippen LogP contribution < -0.4 is 0 Å². The van der Waals surface area contributed by atoms with Crippen LogP contribution in [0.2, 0.25) is 5.02 Å². The van der Waals surface area contributed by atoms with Crippen molar-refractivity contribution in [3.8, 4) is 0 Å². The van der Waals surface area contributed by atoms with Crippen molar-refractivity contribution in [1.82, 2.24) is 0 Å². The van der Waals surface area contributed by atoms with Gasteiger partial charge in [0.25, 0.3) is 0 Å². The molecule has 21 heavy (non-hydrogen) atoms. The standard InChI is InChI=1S/C17H17ClO2S/c1-2-4-13-7-9-14(10-8-13)17(19)12-21(20)16-6-3-5-15(18)11-16/h3,5-11H,2,4,12H2,1H3. The number of Topliss-reactive ketones (excluding diaryl/α,β-unsaturated/α-hetero) is 1. The molecule has 0 heterocycles. The average Bonchev–Trinajstić information content (AvgIpc) is 2.48. The van der Waals surface area contributed by atoms with Crippen LogP contribution in [0.5, 0.6) is 0 Å². The predicted molar refractivity (Wildman–Crippen MR) is 87.5 cm³/mol. The third kappa shape index (κ3) is 4.51. The summed E-state index contributed by atoms with van der Waals surface area (Å²) in [5.74, 6) is -0.135. The molecular formula is C17H17ClO2S. The van der Waals surface area contributed by atoms with Crippen LogP contribution in [0.3, 0.4) is 0 Å². The number of aryl methyl sites for hydroxylation is 1. The third-order valence-corrected chi connectivity index (χ3v) is 4.67. The van der Waals surface area contributed by atoms with E-state index in [1.165, 1.54) is 5.56 Å². The van der Waals surface area contributed by atoms with Crippen LogP contribution in [0.1, 0.15) is 29.3 Å². The summed E-state index contributed by atoms with van der Waals surface area (Å²) in [7, 11) is -1.37. The number of rotatable bonds is 6. The van der Waals surface area contributed by atoms with E-state index in [9.17, 15) is 9.00 Å². The van der Waals surface area contributed by atoms with Gasteiger partial charge in [-0.1, -0.05) is 55.3 Å². The second kappa shape index (κ2) is 7.53. The molecule has 0 aliphatic heterocycles. The lowest BCUT2D eigenvalue weighted by atomic mass is 10.1. The predicted octanol–water partition coefficient (Wildman–Crippen LogP) is 4.28. The van der Waals surface area contributed by atoms with E-state index in [0.29, 0.717) is 15.5 Å². The maximum Gasteiger partial charge on any atom is 0.175 e. The Morgan fingerprint density at radius 2 is 1.86 bits per heavy atom. The van der Waals surface area contributed by atoms with Gasteiger partial charge in [0.2, 0.25) is 0 Å². The van der Waals surface area contributed by atoms with E-state index < -0.39 is 10.8 Å². The molecule has 0 bridgehead atoms. The third-order valence-electron chi connectivity index (χ3n) is 3.14. The number of ketones is 1. The summed E-state index contributed by atoms with van der Waals surface area (Å²) >= 11 is 5.87. The highest BCUT2D eigenvalue weighted by Gasteiger charge is 2.12. The van der Waals surface area contributed by atoms with E-state index in [-0.39, 0.29) is 11.5 Å². The Morgan fingerprint density at radius 1 is 1.14 bits per heavy atom. The highest BCUT2D eigenvalue weighted by Crippen LogP contribution is 2.15. The first-order chi connectivity index (χ1) is 10.1. The molecule has 1 unspecified atom stereocenters. The molecular weight excluding hydrogens is 304 g/mol. The molecule has 110 valence electrons. The lowest BCUT2D eigenvalue weighted by Gasteiger charge is -2.04. The molecule has 0 aliphatic rings. The minimum Gasteiger partial charge on any atom is -0.293 e. The number of benzene rings is 2. The number of carbonyl (C=O) groups excluding carboxylic acids is 1. The molecule has 0 N–H and O–H groups in total. The molecule has 2 rings (SSSR count). The zero-order valence-corrected chi connectivity index (χ0v) is 13.4. The number of halogens is 1. The average molecular weight is 321 g/mol. The smallest absolute Gasteiger partial charge is 0.175 e. The van der Waals surface area contributed by atoms with Gasteiger partial charge in [-0.05, 0) is 30.2 Å². The van der Waals surface area contributed by atoms with Gasteiger partial charge in [0.05, 0.1) is 16.6 Å². The SMILES string of the molecule is CCCc1ccc(C(=O)CS(=O)c2cccc(Cl)c2)cc1. The molecule has 2 aromatic rings. The van der Waals surface area contributed by atoms with Crippen molar-refractivity contribution >= 4 is 28.2 Å². The van der Waals surface area contributed by atoms with Crippen molar-refractivity contribution in [2.24, 2.45) is 0 Å². The van der Waals surface area contributed by atoms with Crippen LogP contribution in [0.25, 0.3) is 0 Å². The summed E-state index contributed by atoms with van der Waals surface area (Å²) < 4.78 is 12.2. The summed E-state index contributed by atoms with van der Waals surface area (Å²) in [6.45, 7) is 2.12. The Kier molecular flexibility index (Phi) is 5.71. The van der Waals surface area contributed by atoms with Gasteiger partial charge < -0.3 is 0 Å². The van der Waals surface area contributed by atoms with E-state index in [1.54, 1.807) is 24.3 Å². The lowest BCUT2D eigenvalue weighted by molar-refractivity contribution is 0.102. The molecule has 0 aromatic heterocycles. The lowest BCUT2D eigenvalue weighted by Crippen LogP contribution is -2.11. The van der Waals surface area contributed by atoms with Gasteiger partial charge in [-0.15, -0.1) is 0 Å². The van der Waals surface area contributed by atoms with E-state index in [0.717, 1.165) is 12.8 Å². The van der Waals surface area contributed by atoms with Crippen molar-refractivity contribution in [3.05, 3.63) is 64.7 Å². The summed E-state index contributed by atoms with van der Waals surface area (Å²) in [5, 5.41) is 0.525. The second-order valence-corrected chi connectivity index (χ2v) is 6.70. The van der Waals surface area contributed by atoms with E-state index >= 15 is 0 Å². The van der Waals surface area contributed by atoms with E-state index in [2.05, 4.69) is 6.92 Å². The zero-order valence-electron chi connectivity index (χ0n) is 11.8. The Hall–Kier alpha value is -1.45. The van der Waals surface area contributed by atoms with Crippen molar-refractivity contribution < 1.29 is 9.00 Å². The normalized spacial score (nSPS) is 12.1. The molecule has 0 amide bonds. The molecule has 0 radical (unpaired) electrons. The summed E-state index contributed by atoms with van der Waals surface area (Å²) in [4.78, 5) is 12.7. The monoisotopic (exact) mass is 320 g/mol. The van der Waals surface area contributed by atoms with Gasteiger partial charge in [-0.2, -0.15) is 0 Å². The largest absolute Gasteiger partial charge is 0.293 e. The topological polar surface area (TPSA) is 34.1 Å². The van der Waals surface area contributed by atoms with Crippen molar-refractivity contribution in [2.75, 3.05) is 5.75 Å². The van der Waals surface area contributed by atoms with Gasteiger partial charge in [0.15, 0.2) is 5.78 Å². The molecule has 0 aliphatic carbocycles. The van der Waals surface area contributed by atoms with Crippen molar-refractivity contribution in [2.45, 2.75) is 24.7 Å². The maximum absolute atomic E-state index is 12.2. The molecule has 2 nitrogen and oxygen atoms in total. The molecule has 0 fully saturated rings. The van der Waals surface area contributed by atoms with Crippen LogP contribution in [0.4, 0.5) is 0 Å². The Morgan fingerprint density at radius 3 is 2.48 bits per heavy atom. The van der Waals surface area contributed by atoms with Gasteiger partial charge >= 0.3 is 0 Å². The minimum absolute atomic E-state index is 0.0204. The second-order valence-electron chi connectivity index (χ2n) is 4.82. The minimum atomic E-state index is -1.37. The van der Waals surface area contributed by atoms with Crippen LogP contribution in [0, 0.1) is 0 Å². The molecule has 2 aromatic carbocycles. The van der Waals surface area contributed by atoms with Crippen LogP contribution in [-0.4, -0.2) is 15.7 Å². The fourth-order valence-electron chi connectivity index (χ4n) is 2.04. The summed E-state index contributed by atoms with van der Waals surface area (Å²) in [6.07, 6.45) is 2.08. The fraction of sp³-hybridized carbons (Fsp3) is 0.235. The van der Waals surface area contributed by atoms with Gasteiger partial charge in [-0.3, -0.25) is 9.00 Å². The quantitative estimate of drug-likeness (QED) is 0.744. The molecule has 4 heteroatoms. The molecule has 0 spiro atoms. The molecule has 0 saturated carbocycles. The first-order valence-electron chi connectivity index (χ1n) is 6.86. The number of hydrogen-bond donors (Lipinski definition) is 0. The Balaban J connectivity index is 2.05. The first kappa shape index (κ1) is 15.9. The highest BCUT2D eigenvalue weighted by atomic mass is 35.5. The summed E-state index contributed by atoms with van der Waals surface area (Å²) in [5.41, 5.74) is 1.82. The van der Waals surface area contributed by atoms with Gasteiger partial charge in [0, 0.05) is 15.5 Å². The fourth-order valence-corrected chi connectivity index (χ4v) is 3.36. The number of hydrogen-bond acceptors (Lipinski definition) is 2. The van der Waals surface area contributed by atoms with Crippen LogP contribution in [0.15, 0.2) is 53.4 Å².